The number of hydrogen-bond donors (Lipinski definition) is 1. The molecule has 0 aliphatic carbocycles. The highest BCUT2D eigenvalue weighted by molar-refractivity contribution is 5.92. The fraction of sp³-hybridized carbons (Fsp3) is 0.375. The summed E-state index contributed by atoms with van der Waals surface area (Å²) < 4.78 is 10.5. The first kappa shape index (κ1) is 21.7. The summed E-state index contributed by atoms with van der Waals surface area (Å²) >= 11 is 0. The third kappa shape index (κ3) is 6.00. The molecule has 0 aromatic heterocycles. The van der Waals surface area contributed by atoms with E-state index in [9.17, 15) is 4.79 Å². The van der Waals surface area contributed by atoms with Gasteiger partial charge in [0, 0.05) is 62.7 Å². The Hall–Kier alpha value is -2.99. The zero-order valence-electron chi connectivity index (χ0n) is 18.1. The van der Waals surface area contributed by atoms with Crippen LogP contribution in [0.5, 0.6) is 11.5 Å². The van der Waals surface area contributed by atoms with E-state index in [1.54, 1.807) is 32.4 Å². The molecule has 1 aliphatic rings. The number of methoxy groups -OCH3 is 2. The van der Waals surface area contributed by atoms with Crippen molar-refractivity contribution in [3.8, 4) is 11.5 Å². The van der Waals surface area contributed by atoms with Gasteiger partial charge < -0.3 is 19.7 Å². The lowest BCUT2D eigenvalue weighted by Crippen LogP contribution is -2.48. The molecule has 30 heavy (non-hydrogen) atoms. The summed E-state index contributed by atoms with van der Waals surface area (Å²) in [6, 6.07) is 14.2. The predicted octanol–water partition coefficient (Wildman–Crippen LogP) is 2.96. The number of piperazine rings is 1. The Kier molecular flexibility index (Phi) is 7.74. The molecule has 6 nitrogen and oxygen atoms in total. The van der Waals surface area contributed by atoms with Gasteiger partial charge >= 0.3 is 0 Å². The van der Waals surface area contributed by atoms with Gasteiger partial charge in [-0.15, -0.1) is 0 Å². The van der Waals surface area contributed by atoms with Gasteiger partial charge in [0.05, 0.1) is 14.2 Å². The normalized spacial score (nSPS) is 14.7. The number of amides is 1. The molecule has 1 fully saturated rings. The Morgan fingerprint density at radius 2 is 1.87 bits per heavy atom. The standard InChI is InChI=1S/C24H31N3O3/c1-19-5-4-6-21(17-19)27-15-13-26(14-16-27)12-11-25-24(28)10-8-20-7-9-22(29-2)18-23(20)30-3/h4-10,17-18H,11-16H2,1-3H3,(H,25,28)/b10-8+. The van der Waals surface area contributed by atoms with Gasteiger partial charge in [-0.05, 0) is 42.8 Å². The Morgan fingerprint density at radius 1 is 1.07 bits per heavy atom. The first-order chi connectivity index (χ1) is 14.6. The van der Waals surface area contributed by atoms with Gasteiger partial charge in [-0.25, -0.2) is 0 Å². The molecule has 1 aliphatic heterocycles. The number of nitrogens with one attached hydrogen (secondary N) is 1. The van der Waals surface area contributed by atoms with Crippen LogP contribution in [0.2, 0.25) is 0 Å². The first-order valence-electron chi connectivity index (χ1n) is 10.3. The molecule has 0 atom stereocenters. The minimum absolute atomic E-state index is 0.105. The highest BCUT2D eigenvalue weighted by atomic mass is 16.5. The molecule has 160 valence electrons. The molecular formula is C24H31N3O3. The zero-order valence-corrected chi connectivity index (χ0v) is 18.1. The minimum Gasteiger partial charge on any atom is -0.497 e. The van der Waals surface area contributed by atoms with Crippen molar-refractivity contribution in [3.63, 3.8) is 0 Å². The molecule has 0 radical (unpaired) electrons. The molecule has 1 heterocycles. The van der Waals surface area contributed by atoms with Crippen LogP contribution in [0.15, 0.2) is 48.5 Å². The summed E-state index contributed by atoms with van der Waals surface area (Å²) in [5.41, 5.74) is 3.42. The fourth-order valence-electron chi connectivity index (χ4n) is 3.57. The van der Waals surface area contributed by atoms with E-state index in [0.717, 1.165) is 44.0 Å². The summed E-state index contributed by atoms with van der Waals surface area (Å²) in [6.07, 6.45) is 3.30. The van der Waals surface area contributed by atoms with Crippen LogP contribution < -0.4 is 19.7 Å². The topological polar surface area (TPSA) is 54.0 Å². The molecule has 6 heteroatoms. The summed E-state index contributed by atoms with van der Waals surface area (Å²) in [4.78, 5) is 17.0. The number of aryl methyl sites for hydroxylation is 1. The van der Waals surface area contributed by atoms with E-state index in [0.29, 0.717) is 12.3 Å². The fourth-order valence-corrected chi connectivity index (χ4v) is 3.57. The van der Waals surface area contributed by atoms with Crippen LogP contribution in [0.1, 0.15) is 11.1 Å². The lowest BCUT2D eigenvalue weighted by Gasteiger charge is -2.36. The second kappa shape index (κ2) is 10.7. The number of rotatable bonds is 8. The van der Waals surface area contributed by atoms with Crippen molar-refractivity contribution in [3.05, 3.63) is 59.7 Å². The van der Waals surface area contributed by atoms with E-state index in [-0.39, 0.29) is 5.91 Å². The summed E-state index contributed by atoms with van der Waals surface area (Å²) in [5.74, 6) is 1.28. The maximum Gasteiger partial charge on any atom is 0.244 e. The van der Waals surface area contributed by atoms with Crippen molar-refractivity contribution in [2.45, 2.75) is 6.92 Å². The maximum atomic E-state index is 12.2. The van der Waals surface area contributed by atoms with Crippen LogP contribution >= 0.6 is 0 Å². The van der Waals surface area contributed by atoms with Gasteiger partial charge in [0.2, 0.25) is 5.91 Å². The van der Waals surface area contributed by atoms with Crippen LogP contribution in [-0.2, 0) is 4.79 Å². The molecular weight excluding hydrogens is 378 g/mol. The average Bonchev–Trinajstić information content (AvgIpc) is 2.78. The van der Waals surface area contributed by atoms with Gasteiger partial charge in [0.25, 0.3) is 0 Å². The summed E-state index contributed by atoms with van der Waals surface area (Å²) in [5, 5.41) is 2.96. The lowest BCUT2D eigenvalue weighted by molar-refractivity contribution is -0.116. The number of ether oxygens (including phenoxy) is 2. The molecule has 0 saturated carbocycles. The van der Waals surface area contributed by atoms with Gasteiger partial charge in [-0.3, -0.25) is 9.69 Å². The van der Waals surface area contributed by atoms with Crippen LogP contribution in [0.3, 0.4) is 0 Å². The molecule has 2 aromatic rings. The van der Waals surface area contributed by atoms with Crippen LogP contribution in [0, 0.1) is 6.92 Å². The van der Waals surface area contributed by atoms with Crippen molar-refractivity contribution < 1.29 is 14.3 Å². The molecule has 1 saturated heterocycles. The smallest absolute Gasteiger partial charge is 0.244 e. The number of benzene rings is 2. The highest BCUT2D eigenvalue weighted by Crippen LogP contribution is 2.25. The van der Waals surface area contributed by atoms with Crippen LogP contribution in [0.4, 0.5) is 5.69 Å². The van der Waals surface area contributed by atoms with E-state index >= 15 is 0 Å². The van der Waals surface area contributed by atoms with Gasteiger partial charge in [-0.2, -0.15) is 0 Å². The first-order valence-corrected chi connectivity index (χ1v) is 10.3. The van der Waals surface area contributed by atoms with Gasteiger partial charge in [-0.1, -0.05) is 12.1 Å². The third-order valence-corrected chi connectivity index (χ3v) is 5.32. The SMILES string of the molecule is COc1ccc(/C=C/C(=O)NCCN2CCN(c3cccc(C)c3)CC2)c(OC)c1. The third-order valence-electron chi connectivity index (χ3n) is 5.32. The van der Waals surface area contributed by atoms with E-state index in [2.05, 4.69) is 46.3 Å². The number of carbonyl (C=O) groups excluding carboxylic acids is 1. The monoisotopic (exact) mass is 409 g/mol. The summed E-state index contributed by atoms with van der Waals surface area (Å²) in [7, 11) is 3.21. The Bertz CT molecular complexity index is 874. The second-order valence-electron chi connectivity index (χ2n) is 7.40. The van der Waals surface area contributed by atoms with Gasteiger partial charge in [0.1, 0.15) is 11.5 Å². The highest BCUT2D eigenvalue weighted by Gasteiger charge is 2.16. The van der Waals surface area contributed by atoms with E-state index < -0.39 is 0 Å². The van der Waals surface area contributed by atoms with Crippen LogP contribution in [0.25, 0.3) is 6.08 Å². The predicted molar refractivity (Wildman–Crippen MR) is 121 cm³/mol. The minimum atomic E-state index is -0.105. The Balaban J connectivity index is 1.40. The number of carbonyl (C=O) groups is 1. The quantitative estimate of drug-likeness (QED) is 0.680. The second-order valence-corrected chi connectivity index (χ2v) is 7.40. The number of anilines is 1. The van der Waals surface area contributed by atoms with Crippen molar-refractivity contribution in [2.75, 3.05) is 58.4 Å². The molecule has 2 aromatic carbocycles. The Labute approximate surface area is 179 Å². The molecule has 1 N–H and O–H groups in total. The van der Waals surface area contributed by atoms with E-state index in [4.69, 9.17) is 9.47 Å². The largest absolute Gasteiger partial charge is 0.497 e. The molecule has 0 spiro atoms. The summed E-state index contributed by atoms with van der Waals surface area (Å²) in [6.45, 7) is 7.64. The molecule has 1 amide bonds. The van der Waals surface area contributed by atoms with Crippen molar-refractivity contribution in [1.82, 2.24) is 10.2 Å². The van der Waals surface area contributed by atoms with E-state index in [1.165, 1.54) is 11.3 Å². The molecule has 3 rings (SSSR count). The van der Waals surface area contributed by atoms with E-state index in [1.807, 2.05) is 12.1 Å². The number of nitrogens with zero attached hydrogens (tertiary/aromatic N) is 2. The lowest BCUT2D eigenvalue weighted by atomic mass is 10.1. The van der Waals surface area contributed by atoms with Crippen molar-refractivity contribution in [2.24, 2.45) is 0 Å². The Morgan fingerprint density at radius 3 is 2.57 bits per heavy atom. The average molecular weight is 410 g/mol. The molecule has 0 unspecified atom stereocenters. The zero-order chi connectivity index (χ0) is 21.3. The van der Waals surface area contributed by atoms with Crippen LogP contribution in [-0.4, -0.2) is 64.3 Å². The number of hydrogen-bond acceptors (Lipinski definition) is 5. The van der Waals surface area contributed by atoms with Gasteiger partial charge in [0.15, 0.2) is 0 Å². The maximum absolute atomic E-state index is 12.2. The molecule has 0 bridgehead atoms. The van der Waals surface area contributed by atoms with Crippen molar-refractivity contribution >= 4 is 17.7 Å². The van der Waals surface area contributed by atoms with Crippen molar-refractivity contribution in [1.29, 1.82) is 0 Å².